The molecular weight excluding hydrogens is 176 g/mol. The highest BCUT2D eigenvalue weighted by Gasteiger charge is 2.03. The molecule has 1 aromatic rings. The van der Waals surface area contributed by atoms with Crippen molar-refractivity contribution >= 4 is 11.6 Å². The van der Waals surface area contributed by atoms with Crippen molar-refractivity contribution in [2.45, 2.75) is 13.3 Å². The van der Waals surface area contributed by atoms with Gasteiger partial charge in [-0.05, 0) is 36.6 Å². The Balaban J connectivity index is 3.05. The first-order valence-corrected chi connectivity index (χ1v) is 4.12. The minimum Gasteiger partial charge on any atom is -0.506 e. The highest BCUT2D eigenvalue weighted by Crippen LogP contribution is 2.26. The molecule has 66 valence electrons. The molecule has 0 bridgehead atoms. The Labute approximate surface area is 76.4 Å². The van der Waals surface area contributed by atoms with Crippen LogP contribution in [0.4, 0.5) is 0 Å². The van der Waals surface area contributed by atoms with Gasteiger partial charge in [0, 0.05) is 6.61 Å². The van der Waals surface area contributed by atoms with Crippen LogP contribution in [0.15, 0.2) is 12.1 Å². The Morgan fingerprint density at radius 2 is 2.08 bits per heavy atom. The number of benzene rings is 1. The van der Waals surface area contributed by atoms with Gasteiger partial charge in [-0.1, -0.05) is 11.6 Å². The molecule has 0 radical (unpaired) electrons. The van der Waals surface area contributed by atoms with Crippen molar-refractivity contribution in [1.29, 1.82) is 0 Å². The second-order valence-corrected chi connectivity index (χ2v) is 3.11. The van der Waals surface area contributed by atoms with Crippen LogP contribution in [0.25, 0.3) is 0 Å². The van der Waals surface area contributed by atoms with Crippen LogP contribution in [0.5, 0.6) is 5.75 Å². The average Bonchev–Trinajstić information content (AvgIpc) is 2.01. The van der Waals surface area contributed by atoms with Crippen molar-refractivity contribution in [3.05, 3.63) is 28.3 Å². The fourth-order valence-corrected chi connectivity index (χ4v) is 1.28. The Bertz CT molecular complexity index is 284. The molecule has 3 heteroatoms. The van der Waals surface area contributed by atoms with Crippen LogP contribution in [0.1, 0.15) is 11.1 Å². The standard InChI is InChI=1S/C9H11ClO2/c1-6-4-9(12)8(10)5-7(6)2-3-11/h4-5,11-12H,2-3H2,1H3. The summed E-state index contributed by atoms with van der Waals surface area (Å²) in [7, 11) is 0. The maximum Gasteiger partial charge on any atom is 0.134 e. The highest BCUT2D eigenvalue weighted by molar-refractivity contribution is 6.32. The van der Waals surface area contributed by atoms with E-state index in [1.807, 2.05) is 6.92 Å². The topological polar surface area (TPSA) is 40.5 Å². The van der Waals surface area contributed by atoms with Crippen molar-refractivity contribution in [3.8, 4) is 5.75 Å². The molecule has 0 aromatic heterocycles. The lowest BCUT2D eigenvalue weighted by Crippen LogP contribution is -1.93. The number of aliphatic hydroxyl groups excluding tert-OH is 1. The number of aryl methyl sites for hydroxylation is 1. The lowest BCUT2D eigenvalue weighted by molar-refractivity contribution is 0.299. The molecule has 0 aliphatic carbocycles. The summed E-state index contributed by atoms with van der Waals surface area (Å²) >= 11 is 5.69. The maximum atomic E-state index is 9.20. The smallest absolute Gasteiger partial charge is 0.134 e. The number of halogens is 1. The first-order valence-electron chi connectivity index (χ1n) is 3.74. The lowest BCUT2D eigenvalue weighted by atomic mass is 10.1. The van der Waals surface area contributed by atoms with Gasteiger partial charge in [-0.2, -0.15) is 0 Å². The van der Waals surface area contributed by atoms with E-state index in [1.165, 1.54) is 0 Å². The monoisotopic (exact) mass is 186 g/mol. The number of aromatic hydroxyl groups is 1. The third-order valence-electron chi connectivity index (χ3n) is 1.79. The molecule has 0 heterocycles. The Kier molecular flexibility index (Phi) is 2.95. The molecule has 0 spiro atoms. The molecule has 2 nitrogen and oxygen atoms in total. The second kappa shape index (κ2) is 3.78. The molecule has 0 aliphatic heterocycles. The van der Waals surface area contributed by atoms with Crippen LogP contribution in [-0.2, 0) is 6.42 Å². The van der Waals surface area contributed by atoms with E-state index in [2.05, 4.69) is 0 Å². The van der Waals surface area contributed by atoms with Crippen molar-refractivity contribution in [2.24, 2.45) is 0 Å². The maximum absolute atomic E-state index is 9.20. The lowest BCUT2D eigenvalue weighted by Gasteiger charge is -2.05. The minimum atomic E-state index is 0.0934. The zero-order valence-corrected chi connectivity index (χ0v) is 7.60. The molecule has 1 rings (SSSR count). The van der Waals surface area contributed by atoms with Crippen molar-refractivity contribution in [3.63, 3.8) is 0 Å². The largest absolute Gasteiger partial charge is 0.506 e. The van der Waals surface area contributed by atoms with Gasteiger partial charge in [0.1, 0.15) is 5.75 Å². The van der Waals surface area contributed by atoms with Gasteiger partial charge in [0.2, 0.25) is 0 Å². The van der Waals surface area contributed by atoms with Gasteiger partial charge >= 0.3 is 0 Å². The molecule has 0 aliphatic rings. The normalized spacial score (nSPS) is 10.2. The molecule has 0 unspecified atom stereocenters. The molecule has 0 atom stereocenters. The summed E-state index contributed by atoms with van der Waals surface area (Å²) in [5, 5.41) is 18.2. The second-order valence-electron chi connectivity index (χ2n) is 2.70. The van der Waals surface area contributed by atoms with E-state index < -0.39 is 0 Å². The Morgan fingerprint density at radius 3 is 2.67 bits per heavy atom. The third kappa shape index (κ3) is 1.90. The molecule has 0 saturated heterocycles. The quantitative estimate of drug-likeness (QED) is 0.741. The van der Waals surface area contributed by atoms with E-state index in [4.69, 9.17) is 16.7 Å². The van der Waals surface area contributed by atoms with Crippen LogP contribution >= 0.6 is 11.6 Å². The van der Waals surface area contributed by atoms with E-state index in [-0.39, 0.29) is 12.4 Å². The highest BCUT2D eigenvalue weighted by atomic mass is 35.5. The molecule has 12 heavy (non-hydrogen) atoms. The Hall–Kier alpha value is -0.730. The third-order valence-corrected chi connectivity index (χ3v) is 2.09. The van der Waals surface area contributed by atoms with Crippen LogP contribution in [0, 0.1) is 6.92 Å². The van der Waals surface area contributed by atoms with Gasteiger partial charge < -0.3 is 10.2 Å². The SMILES string of the molecule is Cc1cc(O)c(Cl)cc1CCO. The predicted octanol–water partition coefficient (Wildman–Crippen LogP) is 1.89. The zero-order chi connectivity index (χ0) is 9.14. The van der Waals surface area contributed by atoms with Crippen molar-refractivity contribution in [2.75, 3.05) is 6.61 Å². The fourth-order valence-electron chi connectivity index (χ4n) is 1.10. The van der Waals surface area contributed by atoms with Gasteiger partial charge in [0.15, 0.2) is 0 Å². The van der Waals surface area contributed by atoms with Crippen LogP contribution in [-0.4, -0.2) is 16.8 Å². The molecule has 0 amide bonds. The summed E-state index contributed by atoms with van der Waals surface area (Å²) in [6.45, 7) is 1.98. The number of hydrogen-bond donors (Lipinski definition) is 2. The van der Waals surface area contributed by atoms with Gasteiger partial charge in [-0.15, -0.1) is 0 Å². The summed E-state index contributed by atoms with van der Waals surface area (Å²) in [5.74, 6) is 0.0934. The van der Waals surface area contributed by atoms with E-state index in [0.29, 0.717) is 11.4 Å². The van der Waals surface area contributed by atoms with Crippen LogP contribution in [0.3, 0.4) is 0 Å². The van der Waals surface area contributed by atoms with Gasteiger partial charge in [-0.3, -0.25) is 0 Å². The van der Waals surface area contributed by atoms with E-state index >= 15 is 0 Å². The fraction of sp³-hybridized carbons (Fsp3) is 0.333. The summed E-state index contributed by atoms with van der Waals surface area (Å²) in [6.07, 6.45) is 0.575. The molecule has 2 N–H and O–H groups in total. The van der Waals surface area contributed by atoms with Crippen LogP contribution < -0.4 is 0 Å². The van der Waals surface area contributed by atoms with Crippen molar-refractivity contribution < 1.29 is 10.2 Å². The average molecular weight is 187 g/mol. The first-order chi connectivity index (χ1) is 5.65. The Morgan fingerprint density at radius 1 is 1.42 bits per heavy atom. The minimum absolute atomic E-state index is 0.0934. The van der Waals surface area contributed by atoms with Crippen molar-refractivity contribution in [1.82, 2.24) is 0 Å². The molecular formula is C9H11ClO2. The summed E-state index contributed by atoms with van der Waals surface area (Å²) < 4.78 is 0. The predicted molar refractivity (Wildman–Crippen MR) is 48.6 cm³/mol. The summed E-state index contributed by atoms with van der Waals surface area (Å²) in [5.41, 5.74) is 1.92. The van der Waals surface area contributed by atoms with Gasteiger partial charge in [0.05, 0.1) is 5.02 Å². The van der Waals surface area contributed by atoms with E-state index in [0.717, 1.165) is 11.1 Å². The first kappa shape index (κ1) is 9.36. The molecule has 0 fully saturated rings. The van der Waals surface area contributed by atoms with Gasteiger partial charge in [-0.25, -0.2) is 0 Å². The molecule has 1 aromatic carbocycles. The van der Waals surface area contributed by atoms with Gasteiger partial charge in [0.25, 0.3) is 0 Å². The number of phenols is 1. The number of phenolic OH excluding ortho intramolecular Hbond substituents is 1. The number of hydrogen-bond acceptors (Lipinski definition) is 2. The number of rotatable bonds is 2. The zero-order valence-electron chi connectivity index (χ0n) is 6.84. The van der Waals surface area contributed by atoms with E-state index in [1.54, 1.807) is 12.1 Å². The summed E-state index contributed by atoms with van der Waals surface area (Å²) in [4.78, 5) is 0. The van der Waals surface area contributed by atoms with Crippen LogP contribution in [0.2, 0.25) is 5.02 Å². The number of aliphatic hydroxyl groups is 1. The summed E-state index contributed by atoms with van der Waals surface area (Å²) in [6, 6.07) is 3.29. The molecule has 0 saturated carbocycles. The van der Waals surface area contributed by atoms with E-state index in [9.17, 15) is 5.11 Å².